The minimum Gasteiger partial charge on any atom is -0.481 e. The molecule has 40 heavy (non-hydrogen) atoms. The molecule has 0 spiro atoms. The van der Waals surface area contributed by atoms with E-state index in [2.05, 4.69) is 0 Å². The van der Waals surface area contributed by atoms with Crippen molar-refractivity contribution in [2.45, 2.75) is 55.3 Å². The SMILES string of the molecule is O=C(O)CC(O)(CC(=O)O)C(=O)O.O=C(O)CC(O)(CC(=O)O)C(=O)O.O=C(O)CC(O)(CC(=O)O)C(=O)O.[K]. The number of rotatable bonds is 15. The molecule has 22 heteroatoms. The Bertz CT molecular complexity index is 812. The van der Waals surface area contributed by atoms with Crippen LogP contribution in [0.25, 0.3) is 0 Å². The molecule has 0 aliphatic rings. The second kappa shape index (κ2) is 18.9. The number of hydrogen-bond acceptors (Lipinski definition) is 12. The molecular formula is C18H24KO21. The Kier molecular flexibility index (Phi) is 20.7. The van der Waals surface area contributed by atoms with Crippen LogP contribution in [0.3, 0.4) is 0 Å². The Morgan fingerprint density at radius 2 is 0.425 bits per heavy atom. The van der Waals surface area contributed by atoms with Gasteiger partial charge in [0, 0.05) is 51.4 Å². The molecule has 0 aromatic heterocycles. The third-order valence-corrected chi connectivity index (χ3v) is 3.86. The maximum Gasteiger partial charge on any atom is 0.336 e. The van der Waals surface area contributed by atoms with E-state index in [-0.39, 0.29) is 51.4 Å². The Morgan fingerprint density at radius 3 is 0.475 bits per heavy atom. The maximum absolute atomic E-state index is 10.3. The largest absolute Gasteiger partial charge is 0.481 e. The average molecular weight is 615 g/mol. The summed E-state index contributed by atoms with van der Waals surface area (Å²) in [4.78, 5) is 91.5. The van der Waals surface area contributed by atoms with Gasteiger partial charge in [0.05, 0.1) is 38.5 Å². The van der Waals surface area contributed by atoms with E-state index in [1.807, 2.05) is 0 Å². The average Bonchev–Trinajstić information content (AvgIpc) is 2.64. The van der Waals surface area contributed by atoms with Gasteiger partial charge >= 0.3 is 53.7 Å². The van der Waals surface area contributed by atoms with Crippen LogP contribution in [-0.2, 0) is 43.2 Å². The first kappa shape index (κ1) is 43.8. The molecule has 0 amide bonds. The van der Waals surface area contributed by atoms with Gasteiger partial charge in [-0.05, 0) is 0 Å². The molecule has 0 aliphatic heterocycles. The van der Waals surface area contributed by atoms with Gasteiger partial charge in [0.15, 0.2) is 16.8 Å². The molecule has 0 saturated carbocycles. The van der Waals surface area contributed by atoms with Gasteiger partial charge in [-0.3, -0.25) is 28.8 Å². The van der Waals surface area contributed by atoms with E-state index < -0.39 is 109 Å². The smallest absolute Gasteiger partial charge is 0.336 e. The van der Waals surface area contributed by atoms with Crippen molar-refractivity contribution in [2.24, 2.45) is 0 Å². The normalized spacial score (nSPS) is 10.6. The predicted octanol–water partition coefficient (Wildman–Crippen LogP) is -4.13. The van der Waals surface area contributed by atoms with Gasteiger partial charge < -0.3 is 61.3 Å². The van der Waals surface area contributed by atoms with Gasteiger partial charge in [0.2, 0.25) is 0 Å². The van der Waals surface area contributed by atoms with Crippen molar-refractivity contribution in [1.82, 2.24) is 0 Å². The minimum atomic E-state index is -2.74. The van der Waals surface area contributed by atoms with E-state index in [1.54, 1.807) is 0 Å². The fraction of sp³-hybridized carbons (Fsp3) is 0.500. The van der Waals surface area contributed by atoms with E-state index in [4.69, 9.17) is 61.3 Å². The van der Waals surface area contributed by atoms with Crippen molar-refractivity contribution in [3.05, 3.63) is 0 Å². The zero-order valence-electron chi connectivity index (χ0n) is 20.3. The molecule has 0 saturated heterocycles. The van der Waals surface area contributed by atoms with Crippen molar-refractivity contribution >= 4 is 105 Å². The quantitative estimate of drug-likeness (QED) is 0.0778. The van der Waals surface area contributed by atoms with Crippen LogP contribution in [0.15, 0.2) is 0 Å². The molecule has 0 heterocycles. The predicted molar refractivity (Wildman–Crippen MR) is 117 cm³/mol. The molecule has 0 aliphatic carbocycles. The zero-order chi connectivity index (χ0) is 31.9. The van der Waals surface area contributed by atoms with Gasteiger partial charge in [-0.25, -0.2) is 14.4 Å². The van der Waals surface area contributed by atoms with Gasteiger partial charge in [-0.2, -0.15) is 0 Å². The van der Waals surface area contributed by atoms with E-state index in [9.17, 15) is 43.2 Å². The van der Waals surface area contributed by atoms with Gasteiger partial charge in [-0.15, -0.1) is 0 Å². The molecule has 1 radical (unpaired) electrons. The monoisotopic (exact) mass is 615 g/mol. The molecule has 0 aromatic carbocycles. The van der Waals surface area contributed by atoms with Crippen LogP contribution in [0.2, 0.25) is 0 Å². The molecule has 12 N–H and O–H groups in total. The van der Waals surface area contributed by atoms with Crippen molar-refractivity contribution in [1.29, 1.82) is 0 Å². The molecule has 0 unspecified atom stereocenters. The summed E-state index contributed by atoms with van der Waals surface area (Å²) in [5, 5.41) is 101. The molecule has 0 aromatic rings. The van der Waals surface area contributed by atoms with E-state index in [0.29, 0.717) is 0 Å². The Labute approximate surface area is 263 Å². The fourth-order valence-electron chi connectivity index (χ4n) is 2.14. The summed E-state index contributed by atoms with van der Waals surface area (Å²) in [6.45, 7) is 0. The van der Waals surface area contributed by atoms with Gasteiger partial charge in [0.1, 0.15) is 0 Å². The number of carbonyl (C=O) groups is 9. The van der Waals surface area contributed by atoms with Crippen LogP contribution >= 0.6 is 0 Å². The Hall–Kier alpha value is -3.25. The number of carboxylic acids is 9. The molecular weight excluding hydrogens is 591 g/mol. The van der Waals surface area contributed by atoms with E-state index in [0.717, 1.165) is 0 Å². The summed E-state index contributed by atoms with van der Waals surface area (Å²) in [6, 6.07) is 0. The number of carboxylic acid groups (broad SMARTS) is 9. The van der Waals surface area contributed by atoms with Gasteiger partial charge in [-0.1, -0.05) is 0 Å². The number of aliphatic carboxylic acids is 9. The Balaban J connectivity index is -0.000000240. The first-order valence-corrected chi connectivity index (χ1v) is 9.51. The van der Waals surface area contributed by atoms with Crippen LogP contribution in [-0.4, -0.2) is 183 Å². The van der Waals surface area contributed by atoms with Crippen LogP contribution < -0.4 is 0 Å². The van der Waals surface area contributed by atoms with Crippen LogP contribution in [0, 0.1) is 0 Å². The van der Waals surface area contributed by atoms with E-state index >= 15 is 0 Å². The summed E-state index contributed by atoms with van der Waals surface area (Å²) >= 11 is 0. The zero-order valence-corrected chi connectivity index (χ0v) is 23.4. The summed E-state index contributed by atoms with van der Waals surface area (Å²) < 4.78 is 0. The molecule has 0 bridgehead atoms. The summed E-state index contributed by atoms with van der Waals surface area (Å²) in [6.07, 6.45) is -6.87. The van der Waals surface area contributed by atoms with Crippen molar-refractivity contribution in [2.75, 3.05) is 0 Å². The Morgan fingerprint density at radius 1 is 0.325 bits per heavy atom. The summed E-state index contributed by atoms with van der Waals surface area (Å²) in [5.74, 6) is -15.1. The first-order chi connectivity index (χ1) is 17.3. The summed E-state index contributed by atoms with van der Waals surface area (Å²) in [7, 11) is 0. The topological polar surface area (TPSA) is 396 Å². The number of aliphatic hydroxyl groups is 3. The molecule has 0 atom stereocenters. The van der Waals surface area contributed by atoms with Gasteiger partial charge in [0.25, 0.3) is 0 Å². The third-order valence-electron chi connectivity index (χ3n) is 3.86. The molecule has 0 fully saturated rings. The van der Waals surface area contributed by atoms with Crippen LogP contribution in [0.4, 0.5) is 0 Å². The van der Waals surface area contributed by atoms with Crippen LogP contribution in [0.1, 0.15) is 38.5 Å². The minimum absolute atomic E-state index is 0. The van der Waals surface area contributed by atoms with Crippen molar-refractivity contribution < 1.29 is 104 Å². The standard InChI is InChI=1S/3C6H8O7.K/c3*7-3(8)1-6(13,5(11)12)2-4(9)10;/h3*13H,1-2H2,(H,7,8)(H,9,10)(H,11,12);. The molecule has 223 valence electrons. The van der Waals surface area contributed by atoms with Crippen LogP contribution in [0.5, 0.6) is 0 Å². The fourth-order valence-corrected chi connectivity index (χ4v) is 2.14. The molecule has 21 nitrogen and oxygen atoms in total. The van der Waals surface area contributed by atoms with Crippen molar-refractivity contribution in [3.8, 4) is 0 Å². The third kappa shape index (κ3) is 19.8. The summed E-state index contributed by atoms with van der Waals surface area (Å²) in [5.41, 5.74) is -8.22. The van der Waals surface area contributed by atoms with Crippen molar-refractivity contribution in [3.63, 3.8) is 0 Å². The molecule has 0 rings (SSSR count). The number of hydrogen-bond donors (Lipinski definition) is 12. The maximum atomic E-state index is 10.3. The second-order valence-corrected chi connectivity index (χ2v) is 7.43. The first-order valence-electron chi connectivity index (χ1n) is 9.51. The second-order valence-electron chi connectivity index (χ2n) is 7.43. The van der Waals surface area contributed by atoms with E-state index in [1.165, 1.54) is 0 Å².